The first-order valence-corrected chi connectivity index (χ1v) is 10.0. The Bertz CT molecular complexity index is 738. The number of carbonyl (C=O) groups is 2. The van der Waals surface area contributed by atoms with Crippen molar-refractivity contribution < 1.29 is 14.3 Å². The number of rotatable bonds is 9. The van der Waals surface area contributed by atoms with Crippen molar-refractivity contribution in [3.8, 4) is 5.75 Å². The smallest absolute Gasteiger partial charge is 0.233 e. The number of carbonyl (C=O) groups excluding carboxylic acids is 2. The lowest BCUT2D eigenvalue weighted by Gasteiger charge is -2.17. The van der Waals surface area contributed by atoms with E-state index in [9.17, 15) is 9.59 Å². The van der Waals surface area contributed by atoms with Crippen molar-refractivity contribution in [2.45, 2.75) is 15.2 Å². The number of aromatic nitrogens is 2. The molecule has 0 aliphatic heterocycles. The molecule has 7 nitrogen and oxygen atoms in total. The number of nitrogens with two attached hydrogens (primary N) is 1. The SMILES string of the molecule is COc1cccc(CN(C)C(=O)CSc2nnc(SCC(N)=O)s2)c1. The molecule has 2 rings (SSSR count). The van der Waals surface area contributed by atoms with Gasteiger partial charge in [0.1, 0.15) is 5.75 Å². The van der Waals surface area contributed by atoms with Gasteiger partial charge in [0, 0.05) is 13.6 Å². The van der Waals surface area contributed by atoms with Crippen molar-refractivity contribution in [3.05, 3.63) is 29.8 Å². The van der Waals surface area contributed by atoms with Crippen LogP contribution in [0.2, 0.25) is 0 Å². The second kappa shape index (κ2) is 9.64. The Morgan fingerprint density at radius 1 is 1.24 bits per heavy atom. The average molecular weight is 399 g/mol. The average Bonchev–Trinajstić information content (AvgIpc) is 3.06. The molecule has 2 aromatic rings. The summed E-state index contributed by atoms with van der Waals surface area (Å²) in [6, 6.07) is 7.62. The quantitative estimate of drug-likeness (QED) is 0.644. The van der Waals surface area contributed by atoms with Crippen LogP contribution in [0.1, 0.15) is 5.56 Å². The van der Waals surface area contributed by atoms with Crippen LogP contribution in [0, 0.1) is 0 Å². The van der Waals surface area contributed by atoms with Gasteiger partial charge in [-0.1, -0.05) is 47.0 Å². The Hall–Kier alpha value is -1.78. The van der Waals surface area contributed by atoms with Crippen molar-refractivity contribution in [2.75, 3.05) is 25.7 Å². The molecular formula is C15H18N4O3S3. The molecule has 1 aromatic heterocycles. The van der Waals surface area contributed by atoms with Crippen LogP contribution in [0.3, 0.4) is 0 Å². The van der Waals surface area contributed by atoms with Gasteiger partial charge in [0.05, 0.1) is 18.6 Å². The van der Waals surface area contributed by atoms with E-state index < -0.39 is 5.91 Å². The highest BCUT2D eigenvalue weighted by Gasteiger charge is 2.13. The van der Waals surface area contributed by atoms with E-state index in [2.05, 4.69) is 10.2 Å². The zero-order valence-electron chi connectivity index (χ0n) is 13.8. The summed E-state index contributed by atoms with van der Waals surface area (Å²) in [6.45, 7) is 0.506. The summed E-state index contributed by atoms with van der Waals surface area (Å²) in [4.78, 5) is 24.7. The topological polar surface area (TPSA) is 98.4 Å². The molecule has 0 radical (unpaired) electrons. The lowest BCUT2D eigenvalue weighted by Crippen LogP contribution is -2.27. The van der Waals surface area contributed by atoms with Gasteiger partial charge in [-0.05, 0) is 17.7 Å². The summed E-state index contributed by atoms with van der Waals surface area (Å²) in [6.07, 6.45) is 0. The summed E-state index contributed by atoms with van der Waals surface area (Å²) in [5.74, 6) is 0.803. The number of nitrogens with zero attached hydrogens (tertiary/aromatic N) is 3. The van der Waals surface area contributed by atoms with Crippen LogP contribution >= 0.6 is 34.9 Å². The highest BCUT2D eigenvalue weighted by Crippen LogP contribution is 2.28. The Kier molecular flexibility index (Phi) is 7.53. The van der Waals surface area contributed by atoms with Crippen LogP contribution in [0.5, 0.6) is 5.75 Å². The van der Waals surface area contributed by atoms with Crippen molar-refractivity contribution in [1.82, 2.24) is 15.1 Å². The monoisotopic (exact) mass is 398 g/mol. The lowest BCUT2D eigenvalue weighted by atomic mass is 10.2. The van der Waals surface area contributed by atoms with Gasteiger partial charge in [0.2, 0.25) is 11.8 Å². The van der Waals surface area contributed by atoms with Gasteiger partial charge >= 0.3 is 0 Å². The first-order chi connectivity index (χ1) is 12.0. The molecule has 0 unspecified atom stereocenters. The maximum absolute atomic E-state index is 12.3. The fraction of sp³-hybridized carbons (Fsp3) is 0.333. The molecule has 2 N–H and O–H groups in total. The minimum Gasteiger partial charge on any atom is -0.497 e. The van der Waals surface area contributed by atoms with E-state index in [-0.39, 0.29) is 17.4 Å². The van der Waals surface area contributed by atoms with Crippen LogP contribution in [0.15, 0.2) is 32.9 Å². The molecule has 10 heteroatoms. The van der Waals surface area contributed by atoms with Gasteiger partial charge in [-0.2, -0.15) is 0 Å². The summed E-state index contributed by atoms with van der Waals surface area (Å²) < 4.78 is 6.54. The van der Waals surface area contributed by atoms with Crippen molar-refractivity contribution >= 4 is 46.7 Å². The van der Waals surface area contributed by atoms with Crippen molar-refractivity contribution in [2.24, 2.45) is 5.73 Å². The minimum absolute atomic E-state index is 0.00522. The van der Waals surface area contributed by atoms with E-state index in [0.29, 0.717) is 15.2 Å². The molecular weight excluding hydrogens is 380 g/mol. The summed E-state index contributed by atoms with van der Waals surface area (Å²) in [5, 5.41) is 7.97. The minimum atomic E-state index is -0.399. The predicted octanol–water partition coefficient (Wildman–Crippen LogP) is 1.87. The number of hydrogen-bond donors (Lipinski definition) is 1. The fourth-order valence-electron chi connectivity index (χ4n) is 1.81. The van der Waals surface area contributed by atoms with Crippen LogP contribution in [0.25, 0.3) is 0 Å². The normalized spacial score (nSPS) is 10.5. The summed E-state index contributed by atoms with van der Waals surface area (Å²) >= 11 is 3.92. The highest BCUT2D eigenvalue weighted by atomic mass is 32.2. The van der Waals surface area contributed by atoms with Crippen LogP contribution in [-0.2, 0) is 16.1 Å². The maximum atomic E-state index is 12.3. The molecule has 1 heterocycles. The Morgan fingerprint density at radius 3 is 2.56 bits per heavy atom. The van der Waals surface area contributed by atoms with Gasteiger partial charge in [0.15, 0.2) is 8.68 Å². The van der Waals surface area contributed by atoms with Gasteiger partial charge < -0.3 is 15.4 Å². The third-order valence-electron chi connectivity index (χ3n) is 3.02. The third kappa shape index (κ3) is 6.56. The Balaban J connectivity index is 1.81. The molecule has 1 aromatic carbocycles. The fourth-order valence-corrected chi connectivity index (χ4v) is 4.51. The van der Waals surface area contributed by atoms with Gasteiger partial charge in [-0.3, -0.25) is 9.59 Å². The number of thioether (sulfide) groups is 2. The molecule has 0 bridgehead atoms. The summed E-state index contributed by atoms with van der Waals surface area (Å²) in [7, 11) is 3.37. The Morgan fingerprint density at radius 2 is 1.92 bits per heavy atom. The van der Waals surface area contributed by atoms with E-state index in [1.54, 1.807) is 19.1 Å². The molecule has 134 valence electrons. The zero-order chi connectivity index (χ0) is 18.2. The van der Waals surface area contributed by atoms with E-state index in [0.717, 1.165) is 11.3 Å². The van der Waals surface area contributed by atoms with E-state index in [1.165, 1.54) is 34.9 Å². The predicted molar refractivity (Wildman–Crippen MR) is 100 cm³/mol. The summed E-state index contributed by atoms with van der Waals surface area (Å²) in [5.41, 5.74) is 6.09. The molecule has 0 aliphatic carbocycles. The molecule has 25 heavy (non-hydrogen) atoms. The number of amides is 2. The molecule has 0 fully saturated rings. The van der Waals surface area contributed by atoms with E-state index in [1.807, 2.05) is 24.3 Å². The van der Waals surface area contributed by atoms with Crippen LogP contribution in [0.4, 0.5) is 0 Å². The molecule has 0 spiro atoms. The lowest BCUT2D eigenvalue weighted by molar-refractivity contribution is -0.127. The molecule has 0 saturated heterocycles. The molecule has 0 aliphatic rings. The number of hydrogen-bond acceptors (Lipinski definition) is 8. The molecule has 0 saturated carbocycles. The number of ether oxygens (including phenoxy) is 1. The number of primary amides is 1. The second-order valence-electron chi connectivity index (χ2n) is 4.98. The van der Waals surface area contributed by atoms with Crippen LogP contribution in [-0.4, -0.2) is 52.6 Å². The molecule has 0 atom stereocenters. The van der Waals surface area contributed by atoms with E-state index in [4.69, 9.17) is 10.5 Å². The van der Waals surface area contributed by atoms with Crippen LogP contribution < -0.4 is 10.5 Å². The van der Waals surface area contributed by atoms with E-state index >= 15 is 0 Å². The van der Waals surface area contributed by atoms with Crippen molar-refractivity contribution in [1.29, 1.82) is 0 Å². The Labute approximate surface area is 158 Å². The molecule has 2 amide bonds. The second-order valence-corrected chi connectivity index (χ2v) is 8.40. The van der Waals surface area contributed by atoms with Gasteiger partial charge in [0.25, 0.3) is 0 Å². The third-order valence-corrected chi connectivity index (χ3v) is 6.22. The number of methoxy groups -OCH3 is 1. The number of benzene rings is 1. The van der Waals surface area contributed by atoms with Crippen molar-refractivity contribution in [3.63, 3.8) is 0 Å². The first kappa shape index (κ1) is 19.5. The maximum Gasteiger partial charge on any atom is 0.233 e. The first-order valence-electron chi connectivity index (χ1n) is 7.22. The largest absolute Gasteiger partial charge is 0.497 e. The highest BCUT2D eigenvalue weighted by molar-refractivity contribution is 8.03. The van der Waals surface area contributed by atoms with Gasteiger partial charge in [-0.25, -0.2) is 0 Å². The standard InChI is InChI=1S/C15H18N4O3S3/c1-19(7-10-4-3-5-11(6-10)22-2)13(21)9-24-15-18-17-14(25-15)23-8-12(16)20/h3-6H,7-9H2,1-2H3,(H2,16,20). The van der Waals surface area contributed by atoms with Gasteiger partial charge in [-0.15, -0.1) is 10.2 Å². The zero-order valence-corrected chi connectivity index (χ0v) is 16.2.